The van der Waals surface area contributed by atoms with Crippen molar-refractivity contribution < 1.29 is 14.0 Å². The molecule has 1 N–H and O–H groups in total. The summed E-state index contributed by atoms with van der Waals surface area (Å²) in [7, 11) is 0. The molecule has 0 radical (unpaired) electrons. The van der Waals surface area contributed by atoms with E-state index < -0.39 is 0 Å². The van der Waals surface area contributed by atoms with E-state index >= 15 is 0 Å². The third-order valence-corrected chi connectivity index (χ3v) is 5.19. The molecule has 128 valence electrons. The van der Waals surface area contributed by atoms with Gasteiger partial charge in [-0.1, -0.05) is 11.6 Å². The summed E-state index contributed by atoms with van der Waals surface area (Å²) in [4.78, 5) is 0. The maximum absolute atomic E-state index is 5.50. The van der Waals surface area contributed by atoms with Gasteiger partial charge in [-0.25, -0.2) is 0 Å². The van der Waals surface area contributed by atoms with Crippen LogP contribution in [0.4, 0.5) is 0 Å². The lowest BCUT2D eigenvalue weighted by molar-refractivity contribution is 0.174. The van der Waals surface area contributed by atoms with Crippen LogP contribution in [-0.2, 0) is 13.0 Å². The van der Waals surface area contributed by atoms with Crippen LogP contribution in [0, 0.1) is 19.8 Å². The summed E-state index contributed by atoms with van der Waals surface area (Å²) in [6, 6.07) is 6.76. The predicted molar refractivity (Wildman–Crippen MR) is 90.2 cm³/mol. The molecular weight excluding hydrogens is 304 g/mol. The minimum absolute atomic E-state index is 0.326. The molecular formula is C19H24N2O3. The SMILES string of the molecule is Cc1cc(C[C@@H]2CCC[C@H]2NCc2cc3c(cc2C)OCO3)on1. The molecule has 2 atom stereocenters. The number of nitrogens with zero attached hydrogens (tertiary/aromatic N) is 1. The molecule has 0 amide bonds. The predicted octanol–water partition coefficient (Wildman–Crippen LogP) is 3.52. The van der Waals surface area contributed by atoms with Gasteiger partial charge in [0.15, 0.2) is 11.5 Å². The zero-order valence-corrected chi connectivity index (χ0v) is 14.3. The molecule has 5 nitrogen and oxygen atoms in total. The van der Waals surface area contributed by atoms with Crippen molar-refractivity contribution in [2.45, 2.75) is 52.1 Å². The van der Waals surface area contributed by atoms with E-state index in [4.69, 9.17) is 14.0 Å². The fourth-order valence-corrected chi connectivity index (χ4v) is 3.84. The van der Waals surface area contributed by atoms with Crippen LogP contribution in [0.1, 0.15) is 41.8 Å². The first-order valence-electron chi connectivity index (χ1n) is 8.74. The number of aromatic nitrogens is 1. The molecule has 2 aromatic rings. The first-order chi connectivity index (χ1) is 11.7. The Morgan fingerprint density at radius 3 is 2.75 bits per heavy atom. The van der Waals surface area contributed by atoms with Crippen molar-refractivity contribution in [2.24, 2.45) is 5.92 Å². The van der Waals surface area contributed by atoms with E-state index in [0.717, 1.165) is 35.9 Å². The van der Waals surface area contributed by atoms with Gasteiger partial charge in [-0.05, 0) is 55.9 Å². The van der Waals surface area contributed by atoms with Gasteiger partial charge in [-0.2, -0.15) is 0 Å². The van der Waals surface area contributed by atoms with E-state index in [1.807, 2.05) is 6.92 Å². The van der Waals surface area contributed by atoms with E-state index in [-0.39, 0.29) is 0 Å². The molecule has 1 aliphatic carbocycles. The van der Waals surface area contributed by atoms with E-state index in [1.165, 1.54) is 30.4 Å². The third kappa shape index (κ3) is 3.13. The first-order valence-corrected chi connectivity index (χ1v) is 8.74. The standard InChI is InChI=1S/C19H24N2O3/c1-12-6-18-19(23-11-22-18)9-15(12)10-20-17-5-3-4-14(17)8-16-7-13(2)21-24-16/h6-7,9,14,17,20H,3-5,8,10-11H2,1-2H3/t14-,17+/m0/s1. The monoisotopic (exact) mass is 328 g/mol. The van der Waals surface area contributed by atoms with Gasteiger partial charge in [0, 0.05) is 25.1 Å². The summed E-state index contributed by atoms with van der Waals surface area (Å²) in [5.41, 5.74) is 3.48. The molecule has 1 aromatic heterocycles. The minimum Gasteiger partial charge on any atom is -0.454 e. The van der Waals surface area contributed by atoms with Crippen LogP contribution in [0.5, 0.6) is 11.5 Å². The summed E-state index contributed by atoms with van der Waals surface area (Å²) in [6.07, 6.45) is 4.72. The fraction of sp³-hybridized carbons (Fsp3) is 0.526. The number of aryl methyl sites for hydroxylation is 2. The Kier molecular flexibility index (Phi) is 4.19. The van der Waals surface area contributed by atoms with E-state index in [1.54, 1.807) is 0 Å². The Balaban J connectivity index is 1.40. The van der Waals surface area contributed by atoms with E-state index in [2.05, 4.69) is 35.6 Å². The Bertz CT molecular complexity index is 725. The van der Waals surface area contributed by atoms with Gasteiger partial charge in [-0.3, -0.25) is 0 Å². The molecule has 1 fully saturated rings. The Labute approximate surface area is 142 Å². The molecule has 1 aliphatic heterocycles. The highest BCUT2D eigenvalue weighted by atomic mass is 16.7. The third-order valence-electron chi connectivity index (χ3n) is 5.19. The molecule has 2 heterocycles. The molecule has 0 unspecified atom stereocenters. The number of benzene rings is 1. The molecule has 5 heteroatoms. The summed E-state index contributed by atoms with van der Waals surface area (Å²) < 4.78 is 16.3. The van der Waals surface area contributed by atoms with Crippen LogP contribution < -0.4 is 14.8 Å². The van der Waals surface area contributed by atoms with E-state index in [0.29, 0.717) is 18.8 Å². The second-order valence-corrected chi connectivity index (χ2v) is 6.95. The number of rotatable bonds is 5. The maximum Gasteiger partial charge on any atom is 0.231 e. The smallest absolute Gasteiger partial charge is 0.231 e. The van der Waals surface area contributed by atoms with E-state index in [9.17, 15) is 0 Å². The van der Waals surface area contributed by atoms with Crippen LogP contribution in [0.2, 0.25) is 0 Å². The zero-order chi connectivity index (χ0) is 16.5. The molecule has 0 saturated heterocycles. The van der Waals surface area contributed by atoms with Crippen molar-refractivity contribution in [3.05, 3.63) is 40.8 Å². The highest BCUT2D eigenvalue weighted by Gasteiger charge is 2.28. The zero-order valence-electron chi connectivity index (χ0n) is 14.3. The maximum atomic E-state index is 5.50. The molecule has 0 spiro atoms. The van der Waals surface area contributed by atoms with Crippen LogP contribution in [0.25, 0.3) is 0 Å². The highest BCUT2D eigenvalue weighted by Crippen LogP contribution is 2.35. The molecule has 0 bridgehead atoms. The van der Waals surface area contributed by atoms with Crippen molar-refractivity contribution in [1.82, 2.24) is 10.5 Å². The van der Waals surface area contributed by atoms with Crippen LogP contribution in [0.3, 0.4) is 0 Å². The van der Waals surface area contributed by atoms with Gasteiger partial charge in [0.05, 0.1) is 5.69 Å². The van der Waals surface area contributed by atoms with Gasteiger partial charge < -0.3 is 19.3 Å². The minimum atomic E-state index is 0.326. The van der Waals surface area contributed by atoms with Crippen molar-refractivity contribution in [2.75, 3.05) is 6.79 Å². The number of ether oxygens (including phenoxy) is 2. The normalized spacial score (nSPS) is 22.2. The lowest BCUT2D eigenvalue weighted by atomic mass is 9.97. The second kappa shape index (κ2) is 6.48. The van der Waals surface area contributed by atoms with Crippen molar-refractivity contribution in [3.8, 4) is 11.5 Å². The summed E-state index contributed by atoms with van der Waals surface area (Å²) in [6.45, 7) is 5.29. The molecule has 2 aliphatic rings. The number of fused-ring (bicyclic) bond motifs is 1. The van der Waals surface area contributed by atoms with Crippen molar-refractivity contribution in [1.29, 1.82) is 0 Å². The van der Waals surface area contributed by atoms with Crippen LogP contribution >= 0.6 is 0 Å². The second-order valence-electron chi connectivity index (χ2n) is 6.95. The lowest BCUT2D eigenvalue weighted by Crippen LogP contribution is -2.33. The molecule has 1 aromatic carbocycles. The summed E-state index contributed by atoms with van der Waals surface area (Å²) in [5.74, 6) is 3.34. The van der Waals surface area contributed by atoms with Crippen molar-refractivity contribution in [3.63, 3.8) is 0 Å². The first kappa shape index (κ1) is 15.5. The summed E-state index contributed by atoms with van der Waals surface area (Å²) >= 11 is 0. The number of hydrogen-bond acceptors (Lipinski definition) is 5. The van der Waals surface area contributed by atoms with Gasteiger partial charge in [0.2, 0.25) is 6.79 Å². The average Bonchev–Trinajstić information content (AvgIpc) is 3.27. The average molecular weight is 328 g/mol. The largest absolute Gasteiger partial charge is 0.454 e. The van der Waals surface area contributed by atoms with Crippen LogP contribution in [-0.4, -0.2) is 18.0 Å². The van der Waals surface area contributed by atoms with Gasteiger partial charge in [0.1, 0.15) is 5.76 Å². The van der Waals surface area contributed by atoms with Crippen molar-refractivity contribution >= 4 is 0 Å². The number of nitrogens with one attached hydrogen (secondary N) is 1. The summed E-state index contributed by atoms with van der Waals surface area (Å²) in [5, 5.41) is 7.75. The van der Waals surface area contributed by atoms with Gasteiger partial charge >= 0.3 is 0 Å². The van der Waals surface area contributed by atoms with Gasteiger partial charge in [-0.15, -0.1) is 0 Å². The molecule has 4 rings (SSSR count). The highest BCUT2D eigenvalue weighted by molar-refractivity contribution is 5.48. The quantitative estimate of drug-likeness (QED) is 0.910. The van der Waals surface area contributed by atoms with Crippen LogP contribution in [0.15, 0.2) is 22.7 Å². The molecule has 24 heavy (non-hydrogen) atoms. The lowest BCUT2D eigenvalue weighted by Gasteiger charge is -2.21. The number of hydrogen-bond donors (Lipinski definition) is 1. The van der Waals surface area contributed by atoms with Gasteiger partial charge in [0.25, 0.3) is 0 Å². The Morgan fingerprint density at radius 1 is 1.12 bits per heavy atom. The molecule has 1 saturated carbocycles. The Hall–Kier alpha value is -2.01. The topological polar surface area (TPSA) is 56.5 Å². The Morgan fingerprint density at radius 2 is 1.96 bits per heavy atom. The fourth-order valence-electron chi connectivity index (χ4n) is 3.84.